The number of hydrogen-bond acceptors (Lipinski definition) is 3. The molecule has 18 rings (SSSR count). The number of benzene rings is 14. The molecule has 396 valence electrons. The van der Waals surface area contributed by atoms with E-state index in [-0.39, 0.29) is 0 Å². The molecule has 0 aliphatic heterocycles. The van der Waals surface area contributed by atoms with Crippen LogP contribution < -0.4 is 4.90 Å². The van der Waals surface area contributed by atoms with E-state index in [4.69, 9.17) is 8.83 Å². The molecule has 0 saturated heterocycles. The van der Waals surface area contributed by atoms with Crippen molar-refractivity contribution in [2.24, 2.45) is 0 Å². The van der Waals surface area contributed by atoms with Crippen molar-refractivity contribution < 1.29 is 8.83 Å². The second-order valence-corrected chi connectivity index (χ2v) is 22.5. The molecule has 0 unspecified atom stereocenters. The average molecular weight is 1080 g/mol. The van der Waals surface area contributed by atoms with Crippen molar-refractivity contribution in [1.29, 1.82) is 0 Å². The van der Waals surface area contributed by atoms with E-state index in [1.807, 2.05) is 24.3 Å². The number of nitrogens with zero attached hydrogens (tertiary/aromatic N) is 3. The first-order valence-corrected chi connectivity index (χ1v) is 29.0. The minimum atomic E-state index is 0.858. The van der Waals surface area contributed by atoms with E-state index in [9.17, 15) is 0 Å². The molecule has 0 bridgehead atoms. The zero-order valence-electron chi connectivity index (χ0n) is 45.9. The number of anilines is 3. The Kier molecular flexibility index (Phi) is 10.3. The van der Waals surface area contributed by atoms with Crippen LogP contribution >= 0.6 is 0 Å². The van der Waals surface area contributed by atoms with Crippen LogP contribution in [0.2, 0.25) is 0 Å². The Bertz CT molecular complexity index is 5430. The largest absolute Gasteiger partial charge is 0.456 e. The first kappa shape index (κ1) is 47.3. The number of furan rings is 2. The third-order valence-electron chi connectivity index (χ3n) is 17.6. The van der Waals surface area contributed by atoms with Crippen molar-refractivity contribution >= 4 is 126 Å². The maximum absolute atomic E-state index is 6.35. The fourth-order valence-corrected chi connectivity index (χ4v) is 13.6. The van der Waals surface area contributed by atoms with Crippen molar-refractivity contribution in [2.75, 3.05) is 4.90 Å². The van der Waals surface area contributed by atoms with Gasteiger partial charge in [0.05, 0.1) is 22.1 Å². The summed E-state index contributed by atoms with van der Waals surface area (Å²) in [4.78, 5) is 2.35. The fraction of sp³-hybridized carbons (Fsp3) is 0. The molecule has 5 nitrogen and oxygen atoms in total. The number of para-hydroxylation sites is 4. The molecule has 4 heterocycles. The van der Waals surface area contributed by atoms with Gasteiger partial charge in [-0.2, -0.15) is 0 Å². The highest BCUT2D eigenvalue weighted by Crippen LogP contribution is 2.44. The van der Waals surface area contributed by atoms with Gasteiger partial charge >= 0.3 is 0 Å². The van der Waals surface area contributed by atoms with Crippen LogP contribution in [-0.2, 0) is 0 Å². The monoisotopic (exact) mass is 1080 g/mol. The highest BCUT2D eigenvalue weighted by molar-refractivity contribution is 6.13. The van der Waals surface area contributed by atoms with Gasteiger partial charge in [-0.25, -0.2) is 0 Å². The van der Waals surface area contributed by atoms with E-state index in [0.29, 0.717) is 0 Å². The van der Waals surface area contributed by atoms with Crippen LogP contribution in [-0.4, -0.2) is 9.13 Å². The zero-order valence-corrected chi connectivity index (χ0v) is 45.9. The number of hydrogen-bond donors (Lipinski definition) is 0. The van der Waals surface area contributed by atoms with E-state index < -0.39 is 0 Å². The van der Waals surface area contributed by atoms with Gasteiger partial charge in [-0.3, -0.25) is 0 Å². The fourth-order valence-electron chi connectivity index (χ4n) is 13.6. The molecule has 0 spiro atoms. The summed E-state index contributed by atoms with van der Waals surface area (Å²) in [6.07, 6.45) is 0. The molecule has 5 heteroatoms. The Balaban J connectivity index is 0.811. The molecule has 18 aromatic rings. The molecule has 0 aliphatic carbocycles. The Morgan fingerprint density at radius 3 is 1.08 bits per heavy atom. The summed E-state index contributed by atoms with van der Waals surface area (Å²) in [5, 5.41) is 14.1. The normalized spacial score (nSPS) is 12.0. The van der Waals surface area contributed by atoms with Gasteiger partial charge in [-0.05, 0) is 194 Å². The van der Waals surface area contributed by atoms with Gasteiger partial charge in [0, 0.05) is 71.5 Å². The summed E-state index contributed by atoms with van der Waals surface area (Å²) in [5.74, 6) is 0. The Hall–Kier alpha value is -11.4. The Labute approximate surface area is 488 Å². The molecule has 85 heavy (non-hydrogen) atoms. The van der Waals surface area contributed by atoms with Gasteiger partial charge in [-0.1, -0.05) is 158 Å². The Morgan fingerprint density at radius 1 is 0.212 bits per heavy atom. The lowest BCUT2D eigenvalue weighted by atomic mass is 9.92. The topological polar surface area (TPSA) is 39.4 Å². The second kappa shape index (κ2) is 18.6. The highest BCUT2D eigenvalue weighted by Gasteiger charge is 2.21. The molecule has 0 aliphatic rings. The summed E-state index contributed by atoms with van der Waals surface area (Å²) in [5.41, 5.74) is 20.4. The second-order valence-electron chi connectivity index (χ2n) is 22.5. The number of rotatable bonds is 8. The van der Waals surface area contributed by atoms with E-state index >= 15 is 0 Å². The maximum Gasteiger partial charge on any atom is 0.135 e. The molecular weight excluding hydrogens is 1030 g/mol. The zero-order chi connectivity index (χ0) is 55.7. The lowest BCUT2D eigenvalue weighted by Gasteiger charge is -2.26. The number of fused-ring (bicyclic) bond motifs is 14. The van der Waals surface area contributed by atoms with Gasteiger partial charge in [-0.15, -0.1) is 0 Å². The first-order chi connectivity index (χ1) is 42.1. The van der Waals surface area contributed by atoms with Gasteiger partial charge in [0.2, 0.25) is 0 Å². The minimum absolute atomic E-state index is 0.858. The maximum atomic E-state index is 6.35. The predicted molar refractivity (Wildman–Crippen MR) is 356 cm³/mol. The third kappa shape index (κ3) is 7.57. The van der Waals surface area contributed by atoms with Crippen molar-refractivity contribution in [1.82, 2.24) is 9.13 Å². The standard InChI is InChI=1S/C80H49N3O2/c1-3-15-53-44-61(33-27-50(53)13-1)82-73-21-9-5-17-65(73)69-46-55(29-37-75(69)82)58-41-57(42-59(43-58)56-30-38-76-70(47-56)66-18-6-10-22-74(66)83(76)62-34-28-51-14-2-4-16-54(51)45-62)52-25-31-60(32-26-52)81(63-35-39-79-71(48-63)67-19-7-11-23-77(67)84-79)64-36-40-80-72(49-64)68-20-8-12-24-78(68)85-80/h1-49H. The lowest BCUT2D eigenvalue weighted by molar-refractivity contribution is 0.668. The molecule has 0 fully saturated rings. The van der Waals surface area contributed by atoms with E-state index in [1.54, 1.807) is 0 Å². The van der Waals surface area contributed by atoms with Gasteiger partial charge < -0.3 is 22.9 Å². The summed E-state index contributed by atoms with van der Waals surface area (Å²) in [7, 11) is 0. The molecule has 0 radical (unpaired) electrons. The molecule has 0 N–H and O–H groups in total. The van der Waals surface area contributed by atoms with Crippen molar-refractivity contribution in [3.63, 3.8) is 0 Å². The average Bonchev–Trinajstić information content (AvgIpc) is 3.93. The third-order valence-corrected chi connectivity index (χ3v) is 17.6. The molecule has 0 saturated carbocycles. The highest BCUT2D eigenvalue weighted by atomic mass is 16.3. The molecule has 14 aromatic carbocycles. The summed E-state index contributed by atoms with van der Waals surface area (Å²) < 4.78 is 17.5. The minimum Gasteiger partial charge on any atom is -0.456 e. The van der Waals surface area contributed by atoms with Crippen LogP contribution in [0.5, 0.6) is 0 Å². The number of aromatic nitrogens is 2. The van der Waals surface area contributed by atoms with E-state index in [1.165, 1.54) is 65.2 Å². The molecule has 0 atom stereocenters. The summed E-state index contributed by atoms with van der Waals surface area (Å²) in [6.45, 7) is 0. The van der Waals surface area contributed by atoms with Crippen LogP contribution in [0.4, 0.5) is 17.1 Å². The van der Waals surface area contributed by atoms with Crippen LogP contribution in [0.3, 0.4) is 0 Å². The van der Waals surface area contributed by atoms with E-state index in [2.05, 4.69) is 287 Å². The quantitative estimate of drug-likeness (QED) is 0.152. The molecule has 0 amide bonds. The van der Waals surface area contributed by atoms with Crippen LogP contribution in [0.15, 0.2) is 306 Å². The van der Waals surface area contributed by atoms with Crippen LogP contribution in [0, 0.1) is 0 Å². The van der Waals surface area contributed by atoms with Gasteiger partial charge in [0.1, 0.15) is 22.3 Å². The van der Waals surface area contributed by atoms with Crippen molar-refractivity contribution in [2.45, 2.75) is 0 Å². The van der Waals surface area contributed by atoms with Gasteiger partial charge in [0.15, 0.2) is 0 Å². The van der Waals surface area contributed by atoms with Crippen LogP contribution in [0.25, 0.3) is 154 Å². The first-order valence-electron chi connectivity index (χ1n) is 29.0. The SMILES string of the molecule is c1ccc2cc(-n3c4ccccc4c4cc(-c5cc(-c6ccc(N(c7ccc8oc9ccccc9c8c7)c7ccc8oc9ccccc9c8c7)cc6)cc(-c6ccc7c(c6)c6ccccc6n7-c6ccc7ccccc7c6)c5)ccc43)ccc2c1. The molecular formula is C80H49N3O2. The lowest BCUT2D eigenvalue weighted by Crippen LogP contribution is -2.09. The van der Waals surface area contributed by atoms with Crippen molar-refractivity contribution in [3.8, 4) is 44.8 Å². The summed E-state index contributed by atoms with van der Waals surface area (Å²) in [6, 6.07) is 108. The van der Waals surface area contributed by atoms with Gasteiger partial charge in [0.25, 0.3) is 0 Å². The smallest absolute Gasteiger partial charge is 0.135 e. The van der Waals surface area contributed by atoms with Crippen molar-refractivity contribution in [3.05, 3.63) is 297 Å². The van der Waals surface area contributed by atoms with Crippen LogP contribution in [0.1, 0.15) is 0 Å². The molecule has 4 aromatic heterocycles. The summed E-state index contributed by atoms with van der Waals surface area (Å²) >= 11 is 0. The predicted octanol–water partition coefficient (Wildman–Crippen LogP) is 22.5. The Morgan fingerprint density at radius 2 is 0.588 bits per heavy atom. The van der Waals surface area contributed by atoms with E-state index in [0.717, 1.165) is 106 Å².